The lowest BCUT2D eigenvalue weighted by molar-refractivity contribution is 0.0507. The Bertz CT molecular complexity index is 7060. The molecule has 5 aromatic carbocycles. The molecule has 40 heteroatoms. The van der Waals surface area contributed by atoms with Gasteiger partial charge in [0.2, 0.25) is 17.6 Å². The van der Waals surface area contributed by atoms with Gasteiger partial charge >= 0.3 is 54.0 Å². The van der Waals surface area contributed by atoms with Gasteiger partial charge in [0.05, 0.1) is 90.2 Å². The maximum absolute atomic E-state index is 13.3. The number of anilines is 1. The Labute approximate surface area is 821 Å². The molecule has 0 aliphatic heterocycles. The minimum Gasteiger partial charge on any atom is -0.480 e. The van der Waals surface area contributed by atoms with E-state index >= 15 is 0 Å². The maximum atomic E-state index is 13.3. The lowest BCUT2D eigenvalue weighted by atomic mass is 10.0. The highest BCUT2D eigenvalue weighted by Gasteiger charge is 2.32. The number of hydrogen-bond acceptors (Lipinski definition) is 26. The average molecular weight is 2080 g/mol. The van der Waals surface area contributed by atoms with Crippen molar-refractivity contribution in [1.82, 2.24) is 68.9 Å². The van der Waals surface area contributed by atoms with Crippen LogP contribution in [0.25, 0.3) is 87.9 Å². The first-order chi connectivity index (χ1) is 65.2. The third-order valence-electron chi connectivity index (χ3n) is 19.6. The number of alkyl halides is 1. The summed E-state index contributed by atoms with van der Waals surface area (Å²) in [5.41, 5.74) is 12.8. The number of H-pyrrole nitrogens is 3. The van der Waals surface area contributed by atoms with E-state index in [0.717, 1.165) is 77.0 Å². The number of carboxylic acid groups (broad SMARTS) is 1. The Kier molecular flexibility index (Phi) is 35.9. The van der Waals surface area contributed by atoms with Crippen molar-refractivity contribution in [3.63, 3.8) is 0 Å². The fourth-order valence-corrected chi connectivity index (χ4v) is 15.8. The van der Waals surface area contributed by atoms with Crippen molar-refractivity contribution in [2.75, 3.05) is 74.4 Å². The molecule has 5 N–H and O–H groups in total. The quantitative estimate of drug-likeness (QED) is 0.0213. The Hall–Kier alpha value is -13.7. The lowest BCUT2D eigenvalue weighted by Gasteiger charge is -2.19. The third kappa shape index (κ3) is 25.5. The van der Waals surface area contributed by atoms with Gasteiger partial charge in [0.15, 0.2) is 0 Å². The number of aromatic amines is 3. The number of aryl methyl sites for hydroxylation is 2. The van der Waals surface area contributed by atoms with E-state index < -0.39 is 29.6 Å². The molecule has 0 spiro atoms. The summed E-state index contributed by atoms with van der Waals surface area (Å²) in [5.74, 6) is -1.52. The van der Waals surface area contributed by atoms with Crippen LogP contribution in [-0.4, -0.2) is 185 Å². The summed E-state index contributed by atoms with van der Waals surface area (Å²) >= 11 is 37.2. The van der Waals surface area contributed by atoms with E-state index in [1.807, 2.05) is 93.8 Å². The van der Waals surface area contributed by atoms with Crippen LogP contribution >= 0.6 is 89.9 Å². The van der Waals surface area contributed by atoms with Crippen LogP contribution in [0.3, 0.4) is 0 Å². The smallest absolute Gasteiger partial charge is 0.413 e. The van der Waals surface area contributed by atoms with Gasteiger partial charge in [-0.1, -0.05) is 73.9 Å². The Balaban J connectivity index is 0.000000161. The van der Waals surface area contributed by atoms with Gasteiger partial charge < -0.3 is 81.3 Å². The molecule has 33 nitrogen and oxygen atoms in total. The number of fused-ring (bicyclic) bond motifs is 5. The molecule has 0 fully saturated rings. The van der Waals surface area contributed by atoms with Gasteiger partial charge in [0, 0.05) is 163 Å². The number of esters is 4. The van der Waals surface area contributed by atoms with E-state index in [1.165, 1.54) is 55.1 Å². The molecular weight excluding hydrogens is 1990 g/mol. The largest absolute Gasteiger partial charge is 0.480 e. The molecule has 0 bridgehead atoms. The number of hydrogen-bond donors (Lipinski definition) is 5. The second-order valence-corrected chi connectivity index (χ2v) is 33.4. The molecule has 16 aromatic rings. The van der Waals surface area contributed by atoms with Crippen LogP contribution in [-0.2, 0) is 42.1 Å². The van der Waals surface area contributed by atoms with Crippen molar-refractivity contribution in [3.05, 3.63) is 257 Å². The topological polar surface area (TPSA) is 409 Å². The summed E-state index contributed by atoms with van der Waals surface area (Å²) in [4.78, 5) is 119. The van der Waals surface area contributed by atoms with Crippen molar-refractivity contribution in [1.29, 1.82) is 0 Å². The Morgan fingerprint density at radius 2 is 0.838 bits per heavy atom. The molecule has 0 unspecified atom stereocenters. The van der Waals surface area contributed by atoms with Gasteiger partial charge in [-0.2, -0.15) is 15.0 Å². The maximum Gasteiger partial charge on any atom is 0.413 e. The second-order valence-electron chi connectivity index (χ2n) is 29.9. The number of nitrogens with one attached hydrogen (secondary N) is 4. The molecule has 0 radical (unpaired) electrons. The fourth-order valence-electron chi connectivity index (χ4n) is 14.0. The fraction of sp³-hybridized carbons (Fsp3) is 0.240. The third-order valence-corrected chi connectivity index (χ3v) is 22.2. The highest BCUT2D eigenvalue weighted by molar-refractivity contribution is 9.10. The zero-order valence-corrected chi connectivity index (χ0v) is 83.0. The number of benzene rings is 5. The SMILES string of the molecule is CC(C)(C)OC(=O)Nc1cc(CBr)ccn1.CCOC(=O)c1[nH]c2ccc(Cl)cc2c1-c1cnc(OC)nc1OC.CCOC(=O)c1[nH]c2ccc(Cl)cc2c1Br.CCOC(=O)c1c(-c2cnc(OC)nc2OC)c2cc(Cl)ccc2n1Cc1ccnc(C)c1.CCOC(=O)c1cc2cc(Cl)ccc2[nH]1.COc1ncc(-c2c(C(=O)O)n(Cc3ccnc(C)c3)c3ccc(Cl)cc23)c(OC)n1. The van der Waals surface area contributed by atoms with Crippen molar-refractivity contribution < 1.29 is 86.0 Å². The first-order valence-corrected chi connectivity index (χ1v) is 45.3. The van der Waals surface area contributed by atoms with Crippen LogP contribution < -0.4 is 33.7 Å². The first-order valence-electron chi connectivity index (χ1n) is 41.5. The van der Waals surface area contributed by atoms with E-state index in [2.05, 4.69) is 97.0 Å². The zero-order chi connectivity index (χ0) is 98.4. The number of aromatic carboxylic acids is 1. The van der Waals surface area contributed by atoms with Gasteiger partial charge in [-0.25, -0.2) is 48.7 Å². The van der Waals surface area contributed by atoms with Crippen LogP contribution in [0.2, 0.25) is 25.1 Å². The highest BCUT2D eigenvalue weighted by Crippen LogP contribution is 2.45. The van der Waals surface area contributed by atoms with Crippen molar-refractivity contribution in [3.8, 4) is 69.1 Å². The number of carbonyl (C=O) groups excluding carboxylic acids is 5. The molecule has 11 heterocycles. The van der Waals surface area contributed by atoms with E-state index in [0.29, 0.717) is 123 Å². The van der Waals surface area contributed by atoms with Crippen molar-refractivity contribution in [2.45, 2.75) is 86.3 Å². The number of rotatable bonds is 24. The van der Waals surface area contributed by atoms with Crippen molar-refractivity contribution >= 4 is 186 Å². The summed E-state index contributed by atoms with van der Waals surface area (Å²) in [6.45, 7) is 18.3. The Morgan fingerprint density at radius 3 is 1.30 bits per heavy atom. The summed E-state index contributed by atoms with van der Waals surface area (Å²) < 4.78 is 61.4. The molecule has 136 heavy (non-hydrogen) atoms. The highest BCUT2D eigenvalue weighted by atomic mass is 79.9. The Morgan fingerprint density at radius 1 is 0.434 bits per heavy atom. The van der Waals surface area contributed by atoms with Gasteiger partial charge in [-0.3, -0.25) is 15.3 Å². The molecule has 708 valence electrons. The predicted octanol–water partition coefficient (Wildman–Crippen LogP) is 22.5. The van der Waals surface area contributed by atoms with E-state index in [-0.39, 0.29) is 72.2 Å². The molecule has 0 saturated heterocycles. The molecule has 0 atom stereocenters. The molecular formula is C96H92Br2Cl5N15O18. The first kappa shape index (κ1) is 103. The number of amides is 1. The number of halogens is 7. The summed E-state index contributed by atoms with van der Waals surface area (Å²) in [6, 6.07) is 40.3. The molecule has 0 saturated carbocycles. The van der Waals surface area contributed by atoms with Gasteiger partial charge in [-0.05, 0) is 228 Å². The van der Waals surface area contributed by atoms with Crippen LogP contribution in [0.5, 0.6) is 35.7 Å². The van der Waals surface area contributed by atoms with E-state index in [9.17, 15) is 33.9 Å². The average Bonchev–Trinajstić information content (AvgIpc) is 1.58. The number of aromatic nitrogens is 14. The van der Waals surface area contributed by atoms with Crippen LogP contribution in [0.1, 0.15) is 129 Å². The number of ether oxygens (including phenoxy) is 11. The molecule has 16 rings (SSSR count). The van der Waals surface area contributed by atoms with E-state index in [1.54, 1.807) is 136 Å². The number of nitrogens with zero attached hydrogens (tertiary/aromatic N) is 11. The van der Waals surface area contributed by atoms with Crippen LogP contribution in [0.15, 0.2) is 175 Å². The number of pyridine rings is 3. The molecule has 0 aliphatic rings. The second kappa shape index (κ2) is 47.5. The van der Waals surface area contributed by atoms with E-state index in [4.69, 9.17) is 110 Å². The predicted molar refractivity (Wildman–Crippen MR) is 528 cm³/mol. The molecule has 1 amide bonds. The van der Waals surface area contributed by atoms with Gasteiger partial charge in [-0.15, -0.1) is 0 Å². The van der Waals surface area contributed by atoms with Crippen LogP contribution in [0.4, 0.5) is 10.6 Å². The standard InChI is InChI=1S/C24H23ClN4O4.C22H19ClN4O4.C17H16ClN3O4.C11H9BrClNO2.C11H15BrN2O2.C11H10ClNO2/c1-5-33-23(30)21-20(18-12-27-24(32-4)28-22(18)31-3)17-11-16(25)6-7-19(17)29(21)13-15-8-9-26-14(2)10-15;1-12-8-13(6-7-24-12)11-27-17-5-4-14(23)9-15(17)18(19(27)21(28)29)16-10-25-22(31-3)26-20(16)30-2;1-4-25-16(22)14-13(10-7-9(18)5-6-12(10)20-14)11-8-19-17(24-3)21-15(11)23-2;1-2-16-11(15)10-9(12)7-5-6(13)3-4-8(7)14-10;1-11(2,3)16-10(15)14-9-6-8(7-12)4-5-13-9;1-2-15-11(14)10-6-7-5-8(12)3-4-9(7)13-10/h6-12H,5,13H2,1-4H3;4-10H,11H2,1-3H3,(H,28,29);5-8,20H,4H2,1-3H3;3-5,14H,2H2,1H3;4-6H,7H2,1-3H3,(H,13,14,15);3-6,13H,2H2,1H3. The minimum absolute atomic E-state index is 0.0822. The normalized spacial score (nSPS) is 10.8. The molecule has 0 aliphatic carbocycles. The number of methoxy groups -OCH3 is 6. The van der Waals surface area contributed by atoms with Crippen LogP contribution in [0, 0.1) is 13.8 Å². The molecule has 11 aromatic heterocycles. The zero-order valence-electron chi connectivity index (χ0n) is 76.1. The minimum atomic E-state index is -1.09. The van der Waals surface area contributed by atoms with Gasteiger partial charge in [0.25, 0.3) is 0 Å². The summed E-state index contributed by atoms with van der Waals surface area (Å²) in [7, 11) is 8.82. The summed E-state index contributed by atoms with van der Waals surface area (Å²) in [5, 5.41) is 20.3. The number of carbonyl (C=O) groups is 6. The lowest BCUT2D eigenvalue weighted by Crippen LogP contribution is -2.27. The summed E-state index contributed by atoms with van der Waals surface area (Å²) in [6.07, 6.45) is 9.21. The van der Waals surface area contributed by atoms with Crippen molar-refractivity contribution in [2.24, 2.45) is 0 Å². The monoisotopic (exact) mass is 2080 g/mol. The number of carboxylic acids is 1. The van der Waals surface area contributed by atoms with Gasteiger partial charge in [0.1, 0.15) is 39.9 Å².